The number of rotatable bonds is 0. The lowest BCUT2D eigenvalue weighted by Gasteiger charge is -1.34. The van der Waals surface area contributed by atoms with Crippen molar-refractivity contribution in [3.63, 3.8) is 0 Å². The van der Waals surface area contributed by atoms with Gasteiger partial charge in [0.05, 0.1) is 0 Å². The molecule has 0 aromatic rings. The number of carboxylic acid groups (broad SMARTS) is 1. The van der Waals surface area contributed by atoms with Crippen molar-refractivity contribution in [2.45, 2.75) is 0 Å². The molecule has 0 aromatic heterocycles. The highest BCUT2D eigenvalue weighted by molar-refractivity contribution is 5.32. The summed E-state index contributed by atoms with van der Waals surface area (Å²) >= 11 is 0. The van der Waals surface area contributed by atoms with Crippen LogP contribution in [0.25, 0.3) is 0 Å². The van der Waals surface area contributed by atoms with E-state index in [0.717, 1.165) is 0 Å². The maximum absolute atomic E-state index is 8.36. The molecule has 0 fully saturated rings. The summed E-state index contributed by atoms with van der Waals surface area (Å²) in [7, 11) is 0. The van der Waals surface area contributed by atoms with Crippen molar-refractivity contribution >= 4 is 6.47 Å². The molecule has 22 valence electrons. The van der Waals surface area contributed by atoms with Crippen molar-refractivity contribution in [2.24, 2.45) is 0 Å². The van der Waals surface area contributed by atoms with Gasteiger partial charge < -0.3 is 5.11 Å². The summed E-state index contributed by atoms with van der Waals surface area (Å²) in [5.41, 5.74) is 0. The van der Waals surface area contributed by atoms with Gasteiger partial charge in [0, 0.05) is 7.43 Å². The molecule has 0 aliphatic heterocycles. The topological polar surface area (TPSA) is 37.3 Å². The molecule has 0 unspecified atom stereocenters. The minimum Gasteiger partial charge on any atom is -0.483 e. The van der Waals surface area contributed by atoms with Crippen LogP contribution in [-0.2, 0) is 4.79 Å². The highest BCUT2D eigenvalue weighted by Gasteiger charge is 1.22. The van der Waals surface area contributed by atoms with Crippen LogP contribution in [0.3, 0.4) is 0 Å². The van der Waals surface area contributed by atoms with E-state index < -0.39 is 0 Å². The highest BCUT2D eigenvalue weighted by Crippen LogP contribution is 0.966. The van der Waals surface area contributed by atoms with Gasteiger partial charge in [0.15, 0.2) is 0 Å². The van der Waals surface area contributed by atoms with E-state index in [-0.39, 0.29) is 13.9 Å². The van der Waals surface area contributed by atoms with Gasteiger partial charge in [-0.3, -0.25) is 4.79 Å². The monoisotopic (exact) mass is 58.0 g/mol. The molecule has 0 rings (SSSR count). The van der Waals surface area contributed by atoms with E-state index in [0.29, 0.717) is 0 Å². The van der Waals surface area contributed by atoms with Crippen LogP contribution in [0, 0.1) is 7.43 Å². The fourth-order valence-electron chi connectivity index (χ4n) is 0. The van der Waals surface area contributed by atoms with E-state index in [1.165, 1.54) is 0 Å². The zero-order chi connectivity index (χ0) is 2.71. The molecule has 4 heavy (non-hydrogen) atoms. The summed E-state index contributed by atoms with van der Waals surface area (Å²) in [6, 6.07) is 0. The Balaban J connectivity index is 0. The average molecular weight is 58.0 g/mol. The van der Waals surface area contributed by atoms with Crippen LogP contribution >= 0.6 is 0 Å². The van der Waals surface area contributed by atoms with Crippen LogP contribution in [0.5, 0.6) is 0 Å². The van der Waals surface area contributed by atoms with Gasteiger partial charge in [-0.05, 0) is 0 Å². The summed E-state index contributed by atoms with van der Waals surface area (Å²) in [5, 5.41) is 6.89. The van der Waals surface area contributed by atoms with Crippen molar-refractivity contribution in [3.8, 4) is 0 Å². The largest absolute Gasteiger partial charge is 0.483 e. The summed E-state index contributed by atoms with van der Waals surface area (Å²) in [6.07, 6.45) is 0. The lowest BCUT2D eigenvalue weighted by Crippen LogP contribution is -1.49. The molecule has 0 bridgehead atoms. The van der Waals surface area contributed by atoms with E-state index in [1.807, 2.05) is 0 Å². The third-order valence-corrected chi connectivity index (χ3v) is 0. The smallest absolute Gasteiger partial charge is 0.290 e. The van der Waals surface area contributed by atoms with Gasteiger partial charge in [-0.25, -0.2) is 0 Å². The quantitative estimate of drug-likeness (QED) is 0.391. The molecule has 0 aliphatic rings. The summed E-state index contributed by atoms with van der Waals surface area (Å²) < 4.78 is 0. The Morgan fingerprint density at radius 3 is 1.75 bits per heavy atom. The van der Waals surface area contributed by atoms with Crippen LogP contribution < -0.4 is 0 Å². The predicted octanol–water partition coefficient (Wildman–Crippen LogP) is -0.218. The molecule has 0 saturated heterocycles. The normalized spacial score (nSPS) is 3.00. The predicted molar refractivity (Wildman–Crippen MR) is 11.9 cm³/mol. The average Bonchev–Trinajstić information content (AvgIpc) is 0.918. The van der Waals surface area contributed by atoms with Crippen LogP contribution in [0.15, 0.2) is 0 Å². The second kappa shape index (κ2) is 24.2. The molecule has 0 aliphatic carbocycles. The maximum Gasteiger partial charge on any atom is 0.290 e. The lowest BCUT2D eigenvalue weighted by molar-refractivity contribution is -0.122. The SMILES string of the molecule is O=CO.[C]. The minimum absolute atomic E-state index is 0. The Labute approximate surface area is 25.1 Å². The van der Waals surface area contributed by atoms with E-state index >= 15 is 0 Å². The first-order chi connectivity index (χ1) is 1.41. The van der Waals surface area contributed by atoms with Crippen LogP contribution in [0.2, 0.25) is 0 Å². The standard InChI is InChI=1S/CH2O2.C/c2-1-3;/h1H,(H,2,3);. The summed E-state index contributed by atoms with van der Waals surface area (Å²) in [5.74, 6) is 0. The molecule has 0 heterocycles. The highest BCUT2D eigenvalue weighted by atomic mass is 16.3. The van der Waals surface area contributed by atoms with Crippen molar-refractivity contribution in [1.82, 2.24) is 0 Å². The van der Waals surface area contributed by atoms with Crippen molar-refractivity contribution < 1.29 is 9.90 Å². The van der Waals surface area contributed by atoms with Gasteiger partial charge in [0.1, 0.15) is 0 Å². The van der Waals surface area contributed by atoms with E-state index in [2.05, 4.69) is 0 Å². The Morgan fingerprint density at radius 2 is 1.75 bits per heavy atom. The zero-order valence-corrected chi connectivity index (χ0v) is 1.93. The third kappa shape index (κ3) is 1.16. The van der Waals surface area contributed by atoms with Gasteiger partial charge in [-0.2, -0.15) is 0 Å². The Hall–Kier alpha value is -0.530. The maximum atomic E-state index is 8.36. The number of hydrogen-bond donors (Lipinski definition) is 1. The van der Waals surface area contributed by atoms with Crippen LogP contribution in [0.1, 0.15) is 0 Å². The van der Waals surface area contributed by atoms with E-state index in [9.17, 15) is 0 Å². The molecule has 1 N–H and O–H groups in total. The lowest BCUT2D eigenvalue weighted by atomic mass is 11.7. The molecule has 2 heteroatoms. The fourth-order valence-corrected chi connectivity index (χ4v) is 0. The minimum atomic E-state index is -0.250. The summed E-state index contributed by atoms with van der Waals surface area (Å²) in [6.45, 7) is -0.250. The number of hydrogen-bond acceptors (Lipinski definition) is 1. The van der Waals surface area contributed by atoms with Crippen LogP contribution in [0.4, 0.5) is 0 Å². The molecule has 0 atom stereocenters. The van der Waals surface area contributed by atoms with E-state index in [1.54, 1.807) is 0 Å². The molecule has 2 nitrogen and oxygen atoms in total. The molecule has 0 saturated carbocycles. The molecular weight excluding hydrogens is 56.0 g/mol. The summed E-state index contributed by atoms with van der Waals surface area (Å²) in [4.78, 5) is 8.36. The third-order valence-electron chi connectivity index (χ3n) is 0. The second-order valence-corrected chi connectivity index (χ2v) is 0.105. The van der Waals surface area contributed by atoms with Gasteiger partial charge in [0.25, 0.3) is 6.47 Å². The van der Waals surface area contributed by atoms with Crippen molar-refractivity contribution in [3.05, 3.63) is 7.43 Å². The molecule has 0 amide bonds. The molecule has 4 radical (unpaired) electrons. The first-order valence-corrected chi connectivity index (χ1v) is 0.494. The Kier molecular flexibility index (Phi) is 59.2. The van der Waals surface area contributed by atoms with Gasteiger partial charge in [-0.15, -0.1) is 0 Å². The van der Waals surface area contributed by atoms with E-state index in [4.69, 9.17) is 9.90 Å². The van der Waals surface area contributed by atoms with Crippen molar-refractivity contribution in [2.75, 3.05) is 0 Å². The number of carbonyl (C=O) groups is 1. The molecule has 0 aromatic carbocycles. The molecular formula is C2H2O2. The zero-order valence-electron chi connectivity index (χ0n) is 1.93. The van der Waals surface area contributed by atoms with Gasteiger partial charge in [0.2, 0.25) is 0 Å². The molecule has 0 spiro atoms. The second-order valence-electron chi connectivity index (χ2n) is 0.105. The fraction of sp³-hybridized carbons (Fsp3) is 0. The Morgan fingerprint density at radius 1 is 1.75 bits per heavy atom. The Bertz CT molecular complexity index is 11.5. The van der Waals surface area contributed by atoms with Gasteiger partial charge >= 0.3 is 0 Å². The van der Waals surface area contributed by atoms with Crippen LogP contribution in [-0.4, -0.2) is 11.6 Å². The van der Waals surface area contributed by atoms with Crippen molar-refractivity contribution in [1.29, 1.82) is 0 Å². The first-order valence-electron chi connectivity index (χ1n) is 0.494. The first kappa shape index (κ1) is 9.80. The van der Waals surface area contributed by atoms with Gasteiger partial charge in [-0.1, -0.05) is 0 Å².